The third kappa shape index (κ3) is 4.89. The lowest BCUT2D eigenvalue weighted by Gasteiger charge is -2.12. The minimum absolute atomic E-state index is 0.119. The number of hydrogen-bond donors (Lipinski definition) is 1. The van der Waals surface area contributed by atoms with E-state index in [0.717, 1.165) is 38.8 Å². The topological polar surface area (TPSA) is 56.2 Å². The van der Waals surface area contributed by atoms with Gasteiger partial charge in [0.2, 0.25) is 0 Å². The van der Waals surface area contributed by atoms with E-state index in [0.29, 0.717) is 25.3 Å². The molecule has 1 N–H and O–H groups in total. The third-order valence-electron chi connectivity index (χ3n) is 5.17. The van der Waals surface area contributed by atoms with Gasteiger partial charge in [-0.15, -0.1) is 0 Å². The molecule has 5 nitrogen and oxygen atoms in total. The van der Waals surface area contributed by atoms with E-state index < -0.39 is 0 Å². The standard InChI is InChI=1S/C25H24ClN3O2/c1-17-7-9-19(10-8-17)25(30)27-16-24-28-22-5-3-4-6-23(22)29(24)13-14-31-20-11-12-21(26)18(2)15-20/h3-12,15H,13-14,16H2,1-2H3,(H,27,30). The van der Waals surface area contributed by atoms with Gasteiger partial charge in [-0.1, -0.05) is 41.4 Å². The molecule has 1 amide bonds. The molecule has 0 unspecified atom stereocenters. The van der Waals surface area contributed by atoms with Crippen molar-refractivity contribution in [2.75, 3.05) is 6.61 Å². The number of benzene rings is 3. The van der Waals surface area contributed by atoms with Gasteiger partial charge in [-0.25, -0.2) is 4.98 Å². The molecule has 1 aromatic heterocycles. The summed E-state index contributed by atoms with van der Waals surface area (Å²) >= 11 is 6.09. The zero-order valence-electron chi connectivity index (χ0n) is 17.6. The molecule has 158 valence electrons. The molecule has 1 heterocycles. The van der Waals surface area contributed by atoms with Crippen LogP contribution in [-0.4, -0.2) is 22.1 Å². The number of carbonyl (C=O) groups is 1. The summed E-state index contributed by atoms with van der Waals surface area (Å²) in [5.41, 5.74) is 4.64. The fourth-order valence-corrected chi connectivity index (χ4v) is 3.56. The summed E-state index contributed by atoms with van der Waals surface area (Å²) in [7, 11) is 0. The minimum atomic E-state index is -0.119. The molecular weight excluding hydrogens is 410 g/mol. The van der Waals surface area contributed by atoms with E-state index in [9.17, 15) is 4.79 Å². The second-order valence-electron chi connectivity index (χ2n) is 7.48. The van der Waals surface area contributed by atoms with Gasteiger partial charge < -0.3 is 14.6 Å². The Morgan fingerprint density at radius 3 is 2.61 bits per heavy atom. The molecule has 0 spiro atoms. The number of nitrogens with zero attached hydrogens (tertiary/aromatic N) is 2. The highest BCUT2D eigenvalue weighted by Gasteiger charge is 2.13. The predicted molar refractivity (Wildman–Crippen MR) is 124 cm³/mol. The van der Waals surface area contributed by atoms with Crippen LogP contribution in [0.15, 0.2) is 66.7 Å². The number of fused-ring (bicyclic) bond motifs is 1. The van der Waals surface area contributed by atoms with E-state index in [-0.39, 0.29) is 5.91 Å². The van der Waals surface area contributed by atoms with Crippen LogP contribution in [0.2, 0.25) is 5.02 Å². The maximum Gasteiger partial charge on any atom is 0.251 e. The number of ether oxygens (including phenoxy) is 1. The minimum Gasteiger partial charge on any atom is -0.492 e. The fourth-order valence-electron chi connectivity index (χ4n) is 3.44. The molecule has 6 heteroatoms. The Hall–Kier alpha value is -3.31. The average molecular weight is 434 g/mol. The molecule has 0 saturated carbocycles. The van der Waals surface area contributed by atoms with E-state index in [1.807, 2.05) is 80.6 Å². The number of aryl methyl sites for hydroxylation is 2. The van der Waals surface area contributed by atoms with Crippen LogP contribution in [-0.2, 0) is 13.1 Å². The Morgan fingerprint density at radius 1 is 1.06 bits per heavy atom. The highest BCUT2D eigenvalue weighted by Crippen LogP contribution is 2.21. The number of halogens is 1. The number of hydrogen-bond acceptors (Lipinski definition) is 3. The summed E-state index contributed by atoms with van der Waals surface area (Å²) in [4.78, 5) is 17.2. The Morgan fingerprint density at radius 2 is 1.84 bits per heavy atom. The summed E-state index contributed by atoms with van der Waals surface area (Å²) in [5, 5.41) is 3.70. The summed E-state index contributed by atoms with van der Waals surface area (Å²) in [6, 6.07) is 21.1. The zero-order chi connectivity index (χ0) is 21.8. The summed E-state index contributed by atoms with van der Waals surface area (Å²) < 4.78 is 8.02. The Balaban J connectivity index is 1.48. The van der Waals surface area contributed by atoms with Crippen molar-refractivity contribution in [3.05, 3.63) is 94.3 Å². The number of amides is 1. The first-order chi connectivity index (χ1) is 15.0. The van der Waals surface area contributed by atoms with Crippen LogP contribution in [0, 0.1) is 13.8 Å². The van der Waals surface area contributed by atoms with Crippen molar-refractivity contribution < 1.29 is 9.53 Å². The van der Waals surface area contributed by atoms with Gasteiger partial charge in [0.1, 0.15) is 18.2 Å². The van der Waals surface area contributed by atoms with Gasteiger partial charge in [-0.2, -0.15) is 0 Å². The first kappa shape index (κ1) is 20.9. The van der Waals surface area contributed by atoms with Crippen molar-refractivity contribution in [2.45, 2.75) is 26.9 Å². The number of imidazole rings is 1. The molecule has 31 heavy (non-hydrogen) atoms. The van der Waals surface area contributed by atoms with Gasteiger partial charge >= 0.3 is 0 Å². The molecule has 0 saturated heterocycles. The van der Waals surface area contributed by atoms with Crippen LogP contribution < -0.4 is 10.1 Å². The molecule has 4 rings (SSSR count). The van der Waals surface area contributed by atoms with Crippen LogP contribution in [0.25, 0.3) is 11.0 Å². The molecule has 4 aromatic rings. The molecule has 0 aliphatic carbocycles. The van der Waals surface area contributed by atoms with E-state index in [1.54, 1.807) is 0 Å². The van der Waals surface area contributed by atoms with Gasteiger partial charge in [-0.3, -0.25) is 4.79 Å². The lowest BCUT2D eigenvalue weighted by Crippen LogP contribution is -2.25. The van der Waals surface area contributed by atoms with E-state index >= 15 is 0 Å². The number of para-hydroxylation sites is 2. The molecular formula is C25H24ClN3O2. The molecule has 3 aromatic carbocycles. The lowest BCUT2D eigenvalue weighted by atomic mass is 10.1. The number of aromatic nitrogens is 2. The Labute approximate surface area is 186 Å². The van der Waals surface area contributed by atoms with Crippen molar-refractivity contribution in [2.24, 2.45) is 0 Å². The van der Waals surface area contributed by atoms with Crippen molar-refractivity contribution in [1.82, 2.24) is 14.9 Å². The van der Waals surface area contributed by atoms with Crippen molar-refractivity contribution in [3.8, 4) is 5.75 Å². The number of rotatable bonds is 7. The normalized spacial score (nSPS) is 10.9. The molecule has 0 aliphatic rings. The summed E-state index contributed by atoms with van der Waals surface area (Å²) in [6.45, 7) is 5.37. The maximum atomic E-state index is 12.5. The first-order valence-electron chi connectivity index (χ1n) is 10.2. The Bertz CT molecular complexity index is 1220. The first-order valence-corrected chi connectivity index (χ1v) is 10.6. The van der Waals surface area contributed by atoms with Crippen LogP contribution >= 0.6 is 11.6 Å². The van der Waals surface area contributed by atoms with Crippen molar-refractivity contribution >= 4 is 28.5 Å². The lowest BCUT2D eigenvalue weighted by molar-refractivity contribution is 0.0949. The van der Waals surface area contributed by atoms with Crippen LogP contribution in [0.1, 0.15) is 27.3 Å². The SMILES string of the molecule is Cc1ccc(C(=O)NCc2nc3ccccc3n2CCOc2ccc(Cl)c(C)c2)cc1. The highest BCUT2D eigenvalue weighted by molar-refractivity contribution is 6.31. The number of carbonyl (C=O) groups excluding carboxylic acids is 1. The molecule has 0 radical (unpaired) electrons. The van der Waals surface area contributed by atoms with E-state index in [1.165, 1.54) is 0 Å². The van der Waals surface area contributed by atoms with Gasteiger partial charge in [0.15, 0.2) is 0 Å². The smallest absolute Gasteiger partial charge is 0.251 e. The van der Waals surface area contributed by atoms with Gasteiger partial charge in [0.05, 0.1) is 24.1 Å². The molecule has 0 aliphatic heterocycles. The average Bonchev–Trinajstić information content (AvgIpc) is 3.12. The Kier molecular flexibility index (Phi) is 6.23. The molecule has 0 bridgehead atoms. The second-order valence-corrected chi connectivity index (χ2v) is 7.88. The zero-order valence-corrected chi connectivity index (χ0v) is 18.3. The van der Waals surface area contributed by atoms with Gasteiger partial charge in [-0.05, 0) is 61.9 Å². The van der Waals surface area contributed by atoms with Gasteiger partial charge in [0.25, 0.3) is 5.91 Å². The summed E-state index contributed by atoms with van der Waals surface area (Å²) in [5.74, 6) is 1.45. The predicted octanol–water partition coefficient (Wildman–Crippen LogP) is 5.32. The van der Waals surface area contributed by atoms with Crippen LogP contribution in [0.4, 0.5) is 0 Å². The van der Waals surface area contributed by atoms with Crippen LogP contribution in [0.5, 0.6) is 5.75 Å². The molecule has 0 fully saturated rings. The summed E-state index contributed by atoms with van der Waals surface area (Å²) in [6.07, 6.45) is 0. The molecule has 0 atom stereocenters. The second kappa shape index (κ2) is 9.23. The number of nitrogens with one attached hydrogen (secondary N) is 1. The van der Waals surface area contributed by atoms with E-state index in [2.05, 4.69) is 9.88 Å². The fraction of sp³-hybridized carbons (Fsp3) is 0.200. The maximum absolute atomic E-state index is 12.5. The largest absolute Gasteiger partial charge is 0.492 e. The van der Waals surface area contributed by atoms with Crippen molar-refractivity contribution in [3.63, 3.8) is 0 Å². The van der Waals surface area contributed by atoms with Crippen LogP contribution in [0.3, 0.4) is 0 Å². The monoisotopic (exact) mass is 433 g/mol. The van der Waals surface area contributed by atoms with Crippen molar-refractivity contribution in [1.29, 1.82) is 0 Å². The van der Waals surface area contributed by atoms with Gasteiger partial charge in [0, 0.05) is 10.6 Å². The highest BCUT2D eigenvalue weighted by atomic mass is 35.5. The third-order valence-corrected chi connectivity index (χ3v) is 5.59. The quantitative estimate of drug-likeness (QED) is 0.429. The van der Waals surface area contributed by atoms with E-state index in [4.69, 9.17) is 21.3 Å².